The van der Waals surface area contributed by atoms with Crippen molar-refractivity contribution in [3.05, 3.63) is 94.6 Å². The zero-order chi connectivity index (χ0) is 23.9. The summed E-state index contributed by atoms with van der Waals surface area (Å²) >= 11 is 6.32. The van der Waals surface area contributed by atoms with Gasteiger partial charge in [0.15, 0.2) is 9.84 Å². The second-order valence-electron chi connectivity index (χ2n) is 8.64. The molecular formula is C27H23ClN2O3S. The molecule has 3 aromatic carbocycles. The third-order valence-corrected chi connectivity index (χ3v) is 7.67. The van der Waals surface area contributed by atoms with Crippen molar-refractivity contribution in [2.24, 2.45) is 0 Å². The molecule has 0 unspecified atom stereocenters. The van der Waals surface area contributed by atoms with E-state index in [0.29, 0.717) is 18.7 Å². The first-order valence-corrected chi connectivity index (χ1v) is 13.3. The fourth-order valence-electron chi connectivity index (χ4n) is 4.41. The van der Waals surface area contributed by atoms with E-state index in [-0.39, 0.29) is 15.8 Å². The number of nitrogens with zero attached hydrogens (tertiary/aromatic N) is 2. The molecule has 0 spiro atoms. The highest BCUT2D eigenvalue weighted by atomic mass is 35.5. The molecule has 4 aromatic rings. The highest BCUT2D eigenvalue weighted by Gasteiger charge is 2.23. The summed E-state index contributed by atoms with van der Waals surface area (Å²) in [5, 5.41) is 1.23. The minimum atomic E-state index is -3.40. The molecule has 0 radical (unpaired) electrons. The Balaban J connectivity index is 1.45. The first-order chi connectivity index (χ1) is 16.3. The maximum atomic E-state index is 13.3. The number of aryl methyl sites for hydroxylation is 1. The van der Waals surface area contributed by atoms with Crippen molar-refractivity contribution in [2.75, 3.05) is 12.8 Å². The number of pyridine rings is 1. The van der Waals surface area contributed by atoms with Crippen LogP contribution in [0.5, 0.6) is 0 Å². The van der Waals surface area contributed by atoms with E-state index in [2.05, 4.69) is 35.3 Å². The van der Waals surface area contributed by atoms with Crippen molar-refractivity contribution in [3.63, 3.8) is 0 Å². The lowest BCUT2D eigenvalue weighted by molar-refractivity contribution is 0.0746. The Bertz CT molecular complexity index is 1530. The van der Waals surface area contributed by atoms with Crippen LogP contribution in [0.15, 0.2) is 77.8 Å². The van der Waals surface area contributed by atoms with Crippen LogP contribution in [0.25, 0.3) is 22.0 Å². The van der Waals surface area contributed by atoms with E-state index >= 15 is 0 Å². The van der Waals surface area contributed by atoms with Crippen molar-refractivity contribution in [3.8, 4) is 11.1 Å². The lowest BCUT2D eigenvalue weighted by Gasteiger charge is -2.22. The molecule has 1 amide bonds. The summed E-state index contributed by atoms with van der Waals surface area (Å²) in [6.07, 6.45) is 4.73. The van der Waals surface area contributed by atoms with Gasteiger partial charge in [-0.3, -0.25) is 9.78 Å². The van der Waals surface area contributed by atoms with Crippen LogP contribution in [0.1, 0.15) is 27.9 Å². The Morgan fingerprint density at radius 2 is 1.79 bits per heavy atom. The summed E-state index contributed by atoms with van der Waals surface area (Å²) in [6.45, 7) is 1.07. The zero-order valence-electron chi connectivity index (χ0n) is 18.7. The number of carbonyl (C=O) groups is 1. The van der Waals surface area contributed by atoms with E-state index in [9.17, 15) is 13.2 Å². The van der Waals surface area contributed by atoms with Gasteiger partial charge in [-0.05, 0) is 65.9 Å². The van der Waals surface area contributed by atoms with Crippen LogP contribution in [-0.2, 0) is 22.8 Å². The lowest BCUT2D eigenvalue weighted by Crippen LogP contribution is -2.31. The van der Waals surface area contributed by atoms with E-state index < -0.39 is 9.84 Å². The number of para-hydroxylation sites is 1. The topological polar surface area (TPSA) is 67.3 Å². The first-order valence-electron chi connectivity index (χ1n) is 11.1. The molecule has 7 heteroatoms. The van der Waals surface area contributed by atoms with E-state index in [1.807, 2.05) is 24.4 Å². The van der Waals surface area contributed by atoms with Crippen molar-refractivity contribution < 1.29 is 13.2 Å². The SMILES string of the molecule is CS(=O)(=O)c1ccc(C(=O)N2CCCc3ccc(-c4cnc5ccccc5c4)cc3C2)c(Cl)c1. The summed E-state index contributed by atoms with van der Waals surface area (Å²) in [5.74, 6) is -0.198. The lowest BCUT2D eigenvalue weighted by atomic mass is 9.97. The van der Waals surface area contributed by atoms with Gasteiger partial charge in [0.05, 0.1) is 21.0 Å². The number of aromatic nitrogens is 1. The van der Waals surface area contributed by atoms with E-state index in [1.54, 1.807) is 4.90 Å². The number of carbonyl (C=O) groups excluding carboxylic acids is 1. The molecule has 0 N–H and O–H groups in total. The minimum Gasteiger partial charge on any atom is -0.334 e. The predicted molar refractivity (Wildman–Crippen MR) is 135 cm³/mol. The van der Waals surface area contributed by atoms with Gasteiger partial charge in [-0.25, -0.2) is 8.42 Å². The largest absolute Gasteiger partial charge is 0.334 e. The van der Waals surface area contributed by atoms with E-state index in [4.69, 9.17) is 11.6 Å². The highest BCUT2D eigenvalue weighted by Crippen LogP contribution is 2.29. The van der Waals surface area contributed by atoms with Crippen LogP contribution < -0.4 is 0 Å². The predicted octanol–water partition coefficient (Wildman–Crippen LogP) is 5.55. The van der Waals surface area contributed by atoms with Crippen LogP contribution in [-0.4, -0.2) is 37.0 Å². The van der Waals surface area contributed by atoms with Gasteiger partial charge < -0.3 is 4.90 Å². The number of fused-ring (bicyclic) bond motifs is 2. The quantitative estimate of drug-likeness (QED) is 0.377. The molecule has 1 aliphatic rings. The number of halogens is 1. The van der Waals surface area contributed by atoms with Gasteiger partial charge in [-0.15, -0.1) is 0 Å². The van der Waals surface area contributed by atoms with Gasteiger partial charge in [0.1, 0.15) is 0 Å². The van der Waals surface area contributed by atoms with Gasteiger partial charge in [0.25, 0.3) is 5.91 Å². The molecule has 1 aromatic heterocycles. The summed E-state index contributed by atoms with van der Waals surface area (Å²) in [7, 11) is -3.40. The summed E-state index contributed by atoms with van der Waals surface area (Å²) in [5.41, 5.74) is 5.68. The molecule has 0 saturated heterocycles. The molecule has 0 atom stereocenters. The van der Waals surface area contributed by atoms with Crippen LogP contribution >= 0.6 is 11.6 Å². The van der Waals surface area contributed by atoms with Crippen LogP contribution in [0.4, 0.5) is 0 Å². The van der Waals surface area contributed by atoms with Crippen molar-refractivity contribution in [1.29, 1.82) is 0 Å². The standard InChI is InChI=1S/C27H23ClN2O3S/c1-34(32,33)23-10-11-24(25(28)15-23)27(31)30-12-4-6-18-8-9-19(13-22(18)17-30)21-14-20-5-2-3-7-26(20)29-16-21/h2-3,5,7-11,13-16H,4,6,12,17H2,1H3. The molecule has 0 bridgehead atoms. The van der Waals surface area contributed by atoms with Crippen LogP contribution in [0.3, 0.4) is 0 Å². The average Bonchev–Trinajstić information content (AvgIpc) is 3.04. The molecule has 5 rings (SSSR count). The fourth-order valence-corrected chi connectivity index (χ4v) is 5.39. The molecule has 34 heavy (non-hydrogen) atoms. The van der Waals surface area contributed by atoms with Crippen LogP contribution in [0, 0.1) is 0 Å². The van der Waals surface area contributed by atoms with E-state index in [1.165, 1.54) is 23.8 Å². The normalized spacial score (nSPS) is 14.0. The molecule has 0 saturated carbocycles. The number of hydrogen-bond acceptors (Lipinski definition) is 4. The molecule has 1 aliphatic heterocycles. The Morgan fingerprint density at radius 3 is 2.59 bits per heavy atom. The van der Waals surface area contributed by atoms with Gasteiger partial charge >= 0.3 is 0 Å². The zero-order valence-corrected chi connectivity index (χ0v) is 20.2. The Morgan fingerprint density at radius 1 is 0.971 bits per heavy atom. The smallest absolute Gasteiger partial charge is 0.255 e. The molecule has 5 nitrogen and oxygen atoms in total. The van der Waals surface area contributed by atoms with Crippen molar-refractivity contribution in [2.45, 2.75) is 24.3 Å². The summed E-state index contributed by atoms with van der Waals surface area (Å²) < 4.78 is 23.6. The molecular weight excluding hydrogens is 468 g/mol. The number of amides is 1. The molecule has 0 fully saturated rings. The third kappa shape index (κ3) is 4.43. The second kappa shape index (κ2) is 8.85. The Kier molecular flexibility index (Phi) is 5.88. The van der Waals surface area contributed by atoms with Crippen molar-refractivity contribution >= 4 is 38.2 Å². The Labute approximate surface area is 203 Å². The second-order valence-corrected chi connectivity index (χ2v) is 11.1. The highest BCUT2D eigenvalue weighted by molar-refractivity contribution is 7.90. The maximum absolute atomic E-state index is 13.3. The fraction of sp³-hybridized carbons (Fsp3) is 0.185. The first kappa shape index (κ1) is 22.6. The minimum absolute atomic E-state index is 0.101. The van der Waals surface area contributed by atoms with E-state index in [0.717, 1.165) is 46.7 Å². The van der Waals surface area contributed by atoms with Crippen molar-refractivity contribution in [1.82, 2.24) is 9.88 Å². The maximum Gasteiger partial charge on any atom is 0.255 e. The average molecular weight is 491 g/mol. The summed E-state index contributed by atoms with van der Waals surface area (Å²) in [6, 6.07) is 20.8. The van der Waals surface area contributed by atoms with Gasteiger partial charge in [-0.1, -0.05) is 41.9 Å². The molecule has 2 heterocycles. The number of benzene rings is 3. The number of rotatable bonds is 3. The van der Waals surface area contributed by atoms with Gasteiger partial charge in [-0.2, -0.15) is 0 Å². The Hall–Kier alpha value is -3.22. The van der Waals surface area contributed by atoms with Crippen LogP contribution in [0.2, 0.25) is 5.02 Å². The third-order valence-electron chi connectivity index (χ3n) is 6.25. The number of hydrogen-bond donors (Lipinski definition) is 0. The summed E-state index contributed by atoms with van der Waals surface area (Å²) in [4.78, 5) is 19.8. The van der Waals surface area contributed by atoms with Gasteiger partial charge in [0, 0.05) is 36.5 Å². The number of sulfone groups is 1. The molecule has 0 aliphatic carbocycles. The monoisotopic (exact) mass is 490 g/mol. The van der Waals surface area contributed by atoms with Gasteiger partial charge in [0.2, 0.25) is 0 Å². The molecule has 172 valence electrons.